The lowest BCUT2D eigenvalue weighted by Crippen LogP contribution is -2.22. The molecule has 0 spiro atoms. The van der Waals surface area contributed by atoms with Gasteiger partial charge in [-0.1, -0.05) is 0 Å². The highest BCUT2D eigenvalue weighted by Gasteiger charge is 2.22. The molecule has 0 bridgehead atoms. The molecule has 2 heterocycles. The quantitative estimate of drug-likeness (QED) is 0.912. The number of hydrogen-bond acceptors (Lipinski definition) is 4. The maximum Gasteiger partial charge on any atom is 0.341 e. The number of fused-ring (bicyclic) bond motifs is 1. The minimum atomic E-state index is -0.964. The molecule has 1 fully saturated rings. The van der Waals surface area contributed by atoms with Crippen LogP contribution in [-0.2, 0) is 17.6 Å². The topological polar surface area (TPSA) is 68.7 Å². The van der Waals surface area contributed by atoms with Crippen molar-refractivity contribution in [2.24, 2.45) is 5.92 Å². The van der Waals surface area contributed by atoms with Gasteiger partial charge >= 0.3 is 5.97 Å². The normalized spacial score (nSPS) is 18.8. The van der Waals surface area contributed by atoms with Crippen LogP contribution in [0, 0.1) is 5.92 Å². The van der Waals surface area contributed by atoms with Crippen molar-refractivity contribution < 1.29 is 19.4 Å². The predicted molar refractivity (Wildman–Crippen MR) is 72.3 cm³/mol. The highest BCUT2D eigenvalue weighted by molar-refractivity contribution is 5.90. The van der Waals surface area contributed by atoms with E-state index in [2.05, 4.69) is 4.98 Å². The summed E-state index contributed by atoms with van der Waals surface area (Å²) in [5.74, 6) is -0.251. The van der Waals surface area contributed by atoms with E-state index in [1.54, 1.807) is 6.07 Å². The first kappa shape index (κ1) is 13.4. The molecule has 0 amide bonds. The van der Waals surface area contributed by atoms with Crippen LogP contribution in [0.25, 0.3) is 0 Å². The number of rotatable bonds is 4. The molecule has 0 radical (unpaired) electrons. The van der Waals surface area contributed by atoms with Gasteiger partial charge in [-0.15, -0.1) is 0 Å². The molecule has 2 aliphatic rings. The first-order chi connectivity index (χ1) is 9.74. The van der Waals surface area contributed by atoms with E-state index >= 15 is 0 Å². The van der Waals surface area contributed by atoms with E-state index in [1.165, 1.54) is 0 Å². The number of hydrogen-bond donors (Lipinski definition) is 1. The van der Waals surface area contributed by atoms with Crippen LogP contribution in [0.4, 0.5) is 0 Å². The number of pyridine rings is 1. The molecule has 0 aromatic carbocycles. The van der Waals surface area contributed by atoms with Crippen LogP contribution < -0.4 is 4.74 Å². The molecule has 1 N–H and O–H groups in total. The molecule has 108 valence electrons. The third-order valence-corrected chi connectivity index (χ3v) is 4.04. The summed E-state index contributed by atoms with van der Waals surface area (Å²) < 4.78 is 11.0. The van der Waals surface area contributed by atoms with Gasteiger partial charge in [0.15, 0.2) is 0 Å². The summed E-state index contributed by atoms with van der Waals surface area (Å²) in [6.07, 6.45) is 4.82. The third-order valence-electron chi connectivity index (χ3n) is 4.04. The molecule has 5 nitrogen and oxygen atoms in total. The molecule has 1 aromatic heterocycles. The van der Waals surface area contributed by atoms with Gasteiger partial charge in [-0.05, 0) is 49.7 Å². The van der Waals surface area contributed by atoms with Crippen molar-refractivity contribution in [3.63, 3.8) is 0 Å². The fourth-order valence-corrected chi connectivity index (χ4v) is 2.83. The second-order valence-corrected chi connectivity index (χ2v) is 5.47. The Hall–Kier alpha value is -1.62. The SMILES string of the molecule is O=C(O)c1cc2c(nc1OCC1CCOCC1)CCC2. The fourth-order valence-electron chi connectivity index (χ4n) is 2.83. The molecule has 1 saturated heterocycles. The van der Waals surface area contributed by atoms with E-state index in [0.717, 1.165) is 56.6 Å². The van der Waals surface area contributed by atoms with Gasteiger partial charge in [0.2, 0.25) is 5.88 Å². The lowest BCUT2D eigenvalue weighted by Gasteiger charge is -2.22. The number of nitrogens with zero attached hydrogens (tertiary/aromatic N) is 1. The van der Waals surface area contributed by atoms with Crippen LogP contribution >= 0.6 is 0 Å². The Morgan fingerprint density at radius 1 is 1.40 bits per heavy atom. The summed E-state index contributed by atoms with van der Waals surface area (Å²) in [5.41, 5.74) is 2.25. The van der Waals surface area contributed by atoms with Crippen LogP contribution in [0.5, 0.6) is 5.88 Å². The Morgan fingerprint density at radius 3 is 2.95 bits per heavy atom. The van der Waals surface area contributed by atoms with Crippen molar-refractivity contribution in [3.8, 4) is 5.88 Å². The highest BCUT2D eigenvalue weighted by Crippen LogP contribution is 2.27. The van der Waals surface area contributed by atoms with Crippen molar-refractivity contribution in [3.05, 3.63) is 22.9 Å². The number of aromatic nitrogens is 1. The van der Waals surface area contributed by atoms with E-state index in [-0.39, 0.29) is 11.4 Å². The van der Waals surface area contributed by atoms with Crippen LogP contribution in [-0.4, -0.2) is 35.9 Å². The van der Waals surface area contributed by atoms with Crippen LogP contribution in [0.3, 0.4) is 0 Å². The Bertz CT molecular complexity index is 509. The van der Waals surface area contributed by atoms with Gasteiger partial charge in [0, 0.05) is 18.9 Å². The first-order valence-corrected chi connectivity index (χ1v) is 7.20. The minimum Gasteiger partial charge on any atom is -0.477 e. The Labute approximate surface area is 117 Å². The van der Waals surface area contributed by atoms with Crippen molar-refractivity contribution in [1.82, 2.24) is 4.98 Å². The van der Waals surface area contributed by atoms with Gasteiger partial charge < -0.3 is 14.6 Å². The van der Waals surface area contributed by atoms with Crippen molar-refractivity contribution in [1.29, 1.82) is 0 Å². The molecule has 5 heteroatoms. The van der Waals surface area contributed by atoms with E-state index in [4.69, 9.17) is 9.47 Å². The molecule has 1 aromatic rings. The zero-order valence-corrected chi connectivity index (χ0v) is 11.4. The summed E-state index contributed by atoms with van der Waals surface area (Å²) >= 11 is 0. The number of ether oxygens (including phenoxy) is 2. The monoisotopic (exact) mass is 277 g/mol. The largest absolute Gasteiger partial charge is 0.477 e. The fraction of sp³-hybridized carbons (Fsp3) is 0.600. The number of aromatic carboxylic acids is 1. The molecule has 0 unspecified atom stereocenters. The average Bonchev–Trinajstić information content (AvgIpc) is 2.92. The van der Waals surface area contributed by atoms with E-state index in [0.29, 0.717) is 12.5 Å². The second kappa shape index (κ2) is 5.79. The molecule has 1 aliphatic carbocycles. The molecular weight excluding hydrogens is 258 g/mol. The summed E-state index contributed by atoms with van der Waals surface area (Å²) in [4.78, 5) is 15.8. The minimum absolute atomic E-state index is 0.192. The van der Waals surface area contributed by atoms with Crippen molar-refractivity contribution >= 4 is 5.97 Å². The van der Waals surface area contributed by atoms with Gasteiger partial charge in [0.1, 0.15) is 5.56 Å². The summed E-state index contributed by atoms with van der Waals surface area (Å²) in [6.45, 7) is 2.05. The Morgan fingerprint density at radius 2 is 2.20 bits per heavy atom. The standard InChI is InChI=1S/C15H19NO4/c17-15(18)12-8-11-2-1-3-13(11)16-14(12)20-9-10-4-6-19-7-5-10/h8,10H,1-7,9H2,(H,17,18). The van der Waals surface area contributed by atoms with Gasteiger partial charge in [0.05, 0.1) is 6.61 Å². The molecular formula is C15H19NO4. The zero-order valence-electron chi connectivity index (χ0n) is 11.4. The highest BCUT2D eigenvalue weighted by atomic mass is 16.5. The molecule has 0 saturated carbocycles. The second-order valence-electron chi connectivity index (χ2n) is 5.47. The van der Waals surface area contributed by atoms with Gasteiger partial charge in [-0.25, -0.2) is 9.78 Å². The number of aryl methyl sites for hydroxylation is 2. The molecule has 3 rings (SSSR count). The summed E-state index contributed by atoms with van der Waals surface area (Å²) in [5, 5.41) is 9.29. The van der Waals surface area contributed by atoms with Gasteiger partial charge in [-0.2, -0.15) is 0 Å². The lowest BCUT2D eigenvalue weighted by atomic mass is 10.0. The first-order valence-electron chi connectivity index (χ1n) is 7.20. The van der Waals surface area contributed by atoms with Crippen molar-refractivity contribution in [2.45, 2.75) is 32.1 Å². The summed E-state index contributed by atoms with van der Waals surface area (Å²) in [6, 6.07) is 1.73. The lowest BCUT2D eigenvalue weighted by molar-refractivity contribution is 0.0482. The van der Waals surface area contributed by atoms with Crippen LogP contribution in [0.2, 0.25) is 0 Å². The Kier molecular flexibility index (Phi) is 3.87. The molecule has 1 aliphatic heterocycles. The van der Waals surface area contributed by atoms with E-state index < -0.39 is 5.97 Å². The maximum absolute atomic E-state index is 11.3. The molecule has 20 heavy (non-hydrogen) atoms. The van der Waals surface area contributed by atoms with Gasteiger partial charge in [0.25, 0.3) is 0 Å². The smallest absolute Gasteiger partial charge is 0.341 e. The third kappa shape index (κ3) is 2.77. The zero-order chi connectivity index (χ0) is 13.9. The number of carboxylic acids is 1. The maximum atomic E-state index is 11.3. The number of carbonyl (C=O) groups is 1. The van der Waals surface area contributed by atoms with Gasteiger partial charge in [-0.3, -0.25) is 0 Å². The van der Waals surface area contributed by atoms with E-state index in [9.17, 15) is 9.90 Å². The average molecular weight is 277 g/mol. The molecule has 0 atom stereocenters. The summed E-state index contributed by atoms with van der Waals surface area (Å²) in [7, 11) is 0. The van der Waals surface area contributed by atoms with Crippen LogP contribution in [0.1, 0.15) is 40.9 Å². The number of carboxylic acid groups (broad SMARTS) is 1. The Balaban J connectivity index is 1.75. The predicted octanol–water partition coefficient (Wildman–Crippen LogP) is 2.07. The van der Waals surface area contributed by atoms with Crippen molar-refractivity contribution in [2.75, 3.05) is 19.8 Å². The van der Waals surface area contributed by atoms with E-state index in [1.807, 2.05) is 0 Å². The van der Waals surface area contributed by atoms with Crippen LogP contribution in [0.15, 0.2) is 6.07 Å².